The normalized spacial score (nSPS) is 18.8. The Morgan fingerprint density at radius 1 is 1.08 bits per heavy atom. The summed E-state index contributed by atoms with van der Waals surface area (Å²) in [7, 11) is 2.69. The number of benzene rings is 2. The molecule has 1 aliphatic heterocycles. The van der Waals surface area contributed by atoms with E-state index in [0.29, 0.717) is 5.56 Å². The molecule has 0 saturated carbocycles. The van der Waals surface area contributed by atoms with Gasteiger partial charge >= 0.3 is 0 Å². The molecular weight excluding hydrogens is 344 g/mol. The number of methoxy groups -OCH3 is 2. The molecule has 8 nitrogen and oxygen atoms in total. The lowest BCUT2D eigenvalue weighted by Gasteiger charge is -2.32. The predicted octanol–water partition coefficient (Wildman–Crippen LogP) is 1.37. The van der Waals surface area contributed by atoms with Crippen molar-refractivity contribution >= 4 is 5.78 Å². The lowest BCUT2D eigenvalue weighted by Crippen LogP contribution is -2.49. The monoisotopic (exact) mass is 362 g/mol. The molecule has 0 bridgehead atoms. The number of rotatable bonds is 4. The second-order valence-corrected chi connectivity index (χ2v) is 5.98. The number of aliphatic hydroxyl groups is 1. The summed E-state index contributed by atoms with van der Waals surface area (Å²) in [4.78, 5) is 12.8. The van der Waals surface area contributed by atoms with Gasteiger partial charge in [0.1, 0.15) is 17.9 Å². The van der Waals surface area contributed by atoms with Crippen LogP contribution in [0.4, 0.5) is 0 Å². The van der Waals surface area contributed by atoms with E-state index in [2.05, 4.69) is 0 Å². The lowest BCUT2D eigenvalue weighted by molar-refractivity contribution is -0.00252. The van der Waals surface area contributed by atoms with E-state index in [-0.39, 0.29) is 41.6 Å². The smallest absolute Gasteiger partial charge is 0.205 e. The van der Waals surface area contributed by atoms with E-state index in [1.807, 2.05) is 0 Å². The molecule has 0 amide bonds. The molecule has 2 aromatic rings. The van der Waals surface area contributed by atoms with Gasteiger partial charge in [-0.15, -0.1) is 0 Å². The van der Waals surface area contributed by atoms with Crippen molar-refractivity contribution in [2.45, 2.75) is 12.0 Å². The van der Waals surface area contributed by atoms with Crippen molar-refractivity contribution in [3.63, 3.8) is 0 Å². The predicted molar refractivity (Wildman–Crippen MR) is 89.5 cm³/mol. The number of hydrogen-bond donors (Lipinski definition) is 4. The van der Waals surface area contributed by atoms with Gasteiger partial charge in [-0.1, -0.05) is 6.07 Å². The maximum absolute atomic E-state index is 12.8. The van der Waals surface area contributed by atoms with Crippen molar-refractivity contribution in [1.29, 1.82) is 0 Å². The molecule has 1 atom stereocenters. The minimum Gasteiger partial charge on any atom is -0.504 e. The summed E-state index contributed by atoms with van der Waals surface area (Å²) in [5.41, 5.74) is -1.84. The molecule has 0 saturated heterocycles. The first kappa shape index (κ1) is 17.7. The Morgan fingerprint density at radius 2 is 1.77 bits per heavy atom. The summed E-state index contributed by atoms with van der Waals surface area (Å²) in [6.07, 6.45) is -0.172. The topological polar surface area (TPSA) is 126 Å². The minimum absolute atomic E-state index is 0.00408. The molecule has 1 unspecified atom stereocenters. The van der Waals surface area contributed by atoms with Crippen LogP contribution in [0.5, 0.6) is 34.5 Å². The van der Waals surface area contributed by atoms with Crippen LogP contribution in [0, 0.1) is 0 Å². The standard InChI is InChI=1S/C18H18O8/c1-24-11-4-3-9(5-10(11)19)7-18(23)8-26-12-6-13(25-2)15(20)16(21)14(12)17(18)22/h3-6,19-21,23H,7-8H2,1-2H3. The summed E-state index contributed by atoms with van der Waals surface area (Å²) >= 11 is 0. The Labute approximate surface area is 148 Å². The number of carbonyl (C=O) groups excluding carboxylic acids is 1. The van der Waals surface area contributed by atoms with Gasteiger partial charge in [0.25, 0.3) is 0 Å². The van der Waals surface area contributed by atoms with Gasteiger partial charge in [0, 0.05) is 12.5 Å². The Morgan fingerprint density at radius 3 is 2.38 bits per heavy atom. The maximum Gasteiger partial charge on any atom is 0.205 e. The largest absolute Gasteiger partial charge is 0.504 e. The molecule has 0 spiro atoms. The van der Waals surface area contributed by atoms with E-state index in [0.717, 1.165) is 0 Å². The van der Waals surface area contributed by atoms with Gasteiger partial charge in [0.05, 0.1) is 14.2 Å². The van der Waals surface area contributed by atoms with Crippen molar-refractivity contribution < 1.29 is 39.4 Å². The highest BCUT2D eigenvalue weighted by molar-refractivity contribution is 6.08. The van der Waals surface area contributed by atoms with Crippen LogP contribution in [-0.4, -0.2) is 52.6 Å². The summed E-state index contributed by atoms with van der Waals surface area (Å²) in [6.45, 7) is -0.362. The molecule has 26 heavy (non-hydrogen) atoms. The van der Waals surface area contributed by atoms with E-state index < -0.39 is 22.9 Å². The first-order valence-corrected chi connectivity index (χ1v) is 7.69. The molecule has 0 fully saturated rings. The van der Waals surface area contributed by atoms with Crippen LogP contribution < -0.4 is 14.2 Å². The number of carbonyl (C=O) groups is 1. The number of aromatic hydroxyl groups is 3. The zero-order valence-corrected chi connectivity index (χ0v) is 14.1. The SMILES string of the molecule is COc1ccc(CC2(O)COc3cc(OC)c(O)c(O)c3C2=O)cc1O. The van der Waals surface area contributed by atoms with Gasteiger partial charge in [-0.05, 0) is 17.7 Å². The highest BCUT2D eigenvalue weighted by Crippen LogP contribution is 2.47. The minimum atomic E-state index is -1.98. The Kier molecular flexibility index (Phi) is 4.29. The average Bonchev–Trinajstić information content (AvgIpc) is 2.61. The average molecular weight is 362 g/mol. The molecule has 0 aromatic heterocycles. The van der Waals surface area contributed by atoms with Crippen molar-refractivity contribution in [1.82, 2.24) is 0 Å². The highest BCUT2D eigenvalue weighted by atomic mass is 16.5. The summed E-state index contributed by atoms with van der Waals surface area (Å²) < 4.78 is 15.3. The van der Waals surface area contributed by atoms with Crippen LogP contribution in [0.2, 0.25) is 0 Å². The lowest BCUT2D eigenvalue weighted by atomic mass is 9.84. The molecule has 4 N–H and O–H groups in total. The number of fused-ring (bicyclic) bond motifs is 1. The molecule has 1 aliphatic rings. The van der Waals surface area contributed by atoms with Crippen molar-refractivity contribution in [3.05, 3.63) is 35.4 Å². The third-order valence-electron chi connectivity index (χ3n) is 4.28. The molecule has 2 aromatic carbocycles. The fourth-order valence-electron chi connectivity index (χ4n) is 2.91. The van der Waals surface area contributed by atoms with Crippen molar-refractivity contribution in [2.75, 3.05) is 20.8 Å². The second-order valence-electron chi connectivity index (χ2n) is 5.98. The summed E-state index contributed by atoms with van der Waals surface area (Å²) in [5.74, 6) is -2.07. The number of hydrogen-bond acceptors (Lipinski definition) is 8. The van der Waals surface area contributed by atoms with Crippen LogP contribution >= 0.6 is 0 Å². The molecule has 138 valence electrons. The summed E-state index contributed by atoms with van der Waals surface area (Å²) in [6, 6.07) is 5.72. The fraction of sp³-hybridized carbons (Fsp3) is 0.278. The zero-order chi connectivity index (χ0) is 19.1. The number of ketones is 1. The van der Waals surface area contributed by atoms with Crippen molar-refractivity contribution in [3.8, 4) is 34.5 Å². The molecule has 1 heterocycles. The van der Waals surface area contributed by atoms with E-state index in [1.54, 1.807) is 6.07 Å². The van der Waals surface area contributed by atoms with Crippen LogP contribution in [0.3, 0.4) is 0 Å². The number of phenols is 3. The summed E-state index contributed by atoms with van der Waals surface area (Å²) in [5, 5.41) is 40.7. The Hall–Kier alpha value is -3.13. The number of phenolic OH excluding ortho intramolecular Hbond substituents is 3. The number of ether oxygens (including phenoxy) is 3. The van der Waals surface area contributed by atoms with Gasteiger partial charge < -0.3 is 34.6 Å². The third-order valence-corrected chi connectivity index (χ3v) is 4.28. The highest BCUT2D eigenvalue weighted by Gasteiger charge is 2.45. The van der Waals surface area contributed by atoms with Gasteiger partial charge in [0.15, 0.2) is 28.6 Å². The van der Waals surface area contributed by atoms with Crippen LogP contribution in [0.15, 0.2) is 24.3 Å². The van der Waals surface area contributed by atoms with Gasteiger partial charge in [-0.25, -0.2) is 0 Å². The Bertz CT molecular complexity index is 876. The first-order valence-electron chi connectivity index (χ1n) is 7.69. The van der Waals surface area contributed by atoms with E-state index in [1.165, 1.54) is 32.4 Å². The van der Waals surface area contributed by atoms with Gasteiger partial charge in [-0.2, -0.15) is 0 Å². The molecule has 8 heteroatoms. The fourth-order valence-corrected chi connectivity index (χ4v) is 2.91. The number of Topliss-reactive ketones (excluding diaryl/α,β-unsaturated/α-hetero) is 1. The van der Waals surface area contributed by atoms with Crippen LogP contribution in [-0.2, 0) is 6.42 Å². The maximum atomic E-state index is 12.8. The molecule has 0 radical (unpaired) electrons. The van der Waals surface area contributed by atoms with Gasteiger partial charge in [-0.3, -0.25) is 4.79 Å². The quantitative estimate of drug-likeness (QED) is 0.601. The van der Waals surface area contributed by atoms with E-state index in [4.69, 9.17) is 14.2 Å². The van der Waals surface area contributed by atoms with Crippen molar-refractivity contribution in [2.24, 2.45) is 0 Å². The van der Waals surface area contributed by atoms with Crippen LogP contribution in [0.25, 0.3) is 0 Å². The molecule has 0 aliphatic carbocycles. The Balaban J connectivity index is 1.97. The van der Waals surface area contributed by atoms with Crippen LogP contribution in [0.1, 0.15) is 15.9 Å². The van der Waals surface area contributed by atoms with E-state index in [9.17, 15) is 25.2 Å². The zero-order valence-electron chi connectivity index (χ0n) is 14.1. The second kappa shape index (κ2) is 6.30. The molecule has 3 rings (SSSR count). The van der Waals surface area contributed by atoms with Gasteiger partial charge in [0.2, 0.25) is 11.5 Å². The third kappa shape index (κ3) is 2.74. The molecular formula is C18H18O8. The first-order chi connectivity index (χ1) is 12.3. The van der Waals surface area contributed by atoms with E-state index >= 15 is 0 Å².